The summed E-state index contributed by atoms with van der Waals surface area (Å²) in [4.78, 5) is 15.5. The van der Waals surface area contributed by atoms with Crippen molar-refractivity contribution < 1.29 is 0 Å². The molecule has 0 aliphatic heterocycles. The highest BCUT2D eigenvalue weighted by Gasteiger charge is 2.11. The first-order chi connectivity index (χ1) is 9.24. The molecule has 0 fully saturated rings. The van der Waals surface area contributed by atoms with Crippen LogP contribution in [0.2, 0.25) is 0 Å². The van der Waals surface area contributed by atoms with Gasteiger partial charge in [0, 0.05) is 31.3 Å². The third-order valence-electron chi connectivity index (χ3n) is 2.49. The summed E-state index contributed by atoms with van der Waals surface area (Å²) in [5, 5.41) is 3.92. The minimum absolute atomic E-state index is 0.646. The van der Waals surface area contributed by atoms with Crippen molar-refractivity contribution in [3.05, 3.63) is 0 Å². The second-order valence-electron chi connectivity index (χ2n) is 3.84. The summed E-state index contributed by atoms with van der Waals surface area (Å²) < 4.78 is 0. The standard InChI is InChI=1S/C12H22ClN5S/c1-4-14-10-15-11(18(5-2)6-3)17-12(16-10)19-9-7-8-13/h4-9H2,1-3H3,(H,14,15,16,17). The van der Waals surface area contributed by atoms with E-state index >= 15 is 0 Å². The van der Waals surface area contributed by atoms with E-state index in [4.69, 9.17) is 11.6 Å². The summed E-state index contributed by atoms with van der Waals surface area (Å²) in [6.07, 6.45) is 0.953. The monoisotopic (exact) mass is 303 g/mol. The summed E-state index contributed by atoms with van der Waals surface area (Å²) in [6.45, 7) is 8.80. The smallest absolute Gasteiger partial charge is 0.231 e. The fraction of sp³-hybridized carbons (Fsp3) is 0.750. The van der Waals surface area contributed by atoms with Crippen molar-refractivity contribution in [1.29, 1.82) is 0 Å². The summed E-state index contributed by atoms with van der Waals surface area (Å²) in [6, 6.07) is 0. The molecular weight excluding hydrogens is 282 g/mol. The van der Waals surface area contributed by atoms with Crippen molar-refractivity contribution >= 4 is 35.3 Å². The van der Waals surface area contributed by atoms with E-state index in [1.165, 1.54) is 0 Å². The number of thioether (sulfide) groups is 1. The molecule has 0 radical (unpaired) electrons. The van der Waals surface area contributed by atoms with Gasteiger partial charge in [0.1, 0.15) is 0 Å². The molecule has 0 aromatic carbocycles. The van der Waals surface area contributed by atoms with Crippen LogP contribution in [-0.2, 0) is 0 Å². The number of hydrogen-bond donors (Lipinski definition) is 1. The highest BCUT2D eigenvalue weighted by Crippen LogP contribution is 2.19. The first-order valence-corrected chi connectivity index (χ1v) is 8.20. The molecule has 0 saturated carbocycles. The molecule has 5 nitrogen and oxygen atoms in total. The number of nitrogens with one attached hydrogen (secondary N) is 1. The van der Waals surface area contributed by atoms with Gasteiger partial charge in [0.15, 0.2) is 5.16 Å². The van der Waals surface area contributed by atoms with Gasteiger partial charge in [-0.15, -0.1) is 11.6 Å². The second kappa shape index (κ2) is 9.20. The average Bonchev–Trinajstić information content (AvgIpc) is 2.41. The van der Waals surface area contributed by atoms with Gasteiger partial charge in [0.25, 0.3) is 0 Å². The molecule has 19 heavy (non-hydrogen) atoms. The molecule has 7 heteroatoms. The molecule has 0 bridgehead atoms. The first kappa shape index (κ1) is 16.3. The Kier molecular flexibility index (Phi) is 7.90. The zero-order valence-corrected chi connectivity index (χ0v) is 13.4. The molecule has 0 unspecified atom stereocenters. The molecule has 1 rings (SSSR count). The van der Waals surface area contributed by atoms with Crippen LogP contribution in [0.1, 0.15) is 27.2 Å². The van der Waals surface area contributed by atoms with Crippen molar-refractivity contribution in [1.82, 2.24) is 15.0 Å². The SMILES string of the molecule is CCNc1nc(SCCCCl)nc(N(CC)CC)n1. The van der Waals surface area contributed by atoms with Crippen LogP contribution in [0.3, 0.4) is 0 Å². The predicted octanol–water partition coefficient (Wildman–Crippen LogP) is 2.87. The van der Waals surface area contributed by atoms with Crippen molar-refractivity contribution in [2.45, 2.75) is 32.3 Å². The molecular formula is C12H22ClN5S. The third kappa shape index (κ3) is 5.40. The normalized spacial score (nSPS) is 10.5. The van der Waals surface area contributed by atoms with Crippen LogP contribution in [-0.4, -0.2) is 46.2 Å². The van der Waals surface area contributed by atoms with E-state index in [2.05, 4.69) is 39.0 Å². The highest BCUT2D eigenvalue weighted by molar-refractivity contribution is 7.99. The Hall–Kier alpha value is -0.750. The zero-order chi connectivity index (χ0) is 14.1. The van der Waals surface area contributed by atoms with E-state index in [-0.39, 0.29) is 0 Å². The van der Waals surface area contributed by atoms with Crippen LogP contribution in [0.15, 0.2) is 5.16 Å². The first-order valence-electron chi connectivity index (χ1n) is 6.68. The average molecular weight is 304 g/mol. The Bertz CT molecular complexity index is 373. The lowest BCUT2D eigenvalue weighted by Gasteiger charge is -2.19. The van der Waals surface area contributed by atoms with Crippen LogP contribution >= 0.6 is 23.4 Å². The lowest BCUT2D eigenvalue weighted by molar-refractivity contribution is 0.782. The zero-order valence-electron chi connectivity index (χ0n) is 11.8. The summed E-state index contributed by atoms with van der Waals surface area (Å²) in [7, 11) is 0. The molecule has 1 N–H and O–H groups in total. The molecule has 0 aliphatic rings. The van der Waals surface area contributed by atoms with Crippen molar-refractivity contribution in [2.24, 2.45) is 0 Å². The Morgan fingerprint density at radius 2 is 1.89 bits per heavy atom. The van der Waals surface area contributed by atoms with Crippen molar-refractivity contribution in [3.8, 4) is 0 Å². The number of hydrogen-bond acceptors (Lipinski definition) is 6. The molecule has 1 aromatic heterocycles. The van der Waals surface area contributed by atoms with Crippen LogP contribution in [0, 0.1) is 0 Å². The minimum Gasteiger partial charge on any atom is -0.354 e. The lowest BCUT2D eigenvalue weighted by atomic mass is 10.5. The van der Waals surface area contributed by atoms with E-state index < -0.39 is 0 Å². The van der Waals surface area contributed by atoms with Crippen molar-refractivity contribution in [3.63, 3.8) is 0 Å². The Morgan fingerprint density at radius 3 is 2.47 bits per heavy atom. The van der Waals surface area contributed by atoms with E-state index in [0.717, 1.165) is 42.9 Å². The van der Waals surface area contributed by atoms with Gasteiger partial charge < -0.3 is 10.2 Å². The number of halogens is 1. The van der Waals surface area contributed by atoms with Crippen molar-refractivity contribution in [2.75, 3.05) is 41.5 Å². The van der Waals surface area contributed by atoms with Gasteiger partial charge in [0.05, 0.1) is 0 Å². The third-order valence-corrected chi connectivity index (χ3v) is 3.69. The van der Waals surface area contributed by atoms with Gasteiger partial charge in [-0.05, 0) is 27.2 Å². The maximum Gasteiger partial charge on any atom is 0.231 e. The van der Waals surface area contributed by atoms with Gasteiger partial charge in [-0.1, -0.05) is 11.8 Å². The molecule has 0 aliphatic carbocycles. The number of anilines is 2. The maximum absolute atomic E-state index is 5.69. The lowest BCUT2D eigenvalue weighted by Crippen LogP contribution is -2.25. The van der Waals surface area contributed by atoms with Crippen LogP contribution in [0.4, 0.5) is 11.9 Å². The molecule has 0 saturated heterocycles. The quantitative estimate of drug-likeness (QED) is 0.430. The topological polar surface area (TPSA) is 53.9 Å². The summed E-state index contributed by atoms with van der Waals surface area (Å²) in [5.41, 5.74) is 0. The fourth-order valence-electron chi connectivity index (χ4n) is 1.51. The van der Waals surface area contributed by atoms with Crippen LogP contribution in [0.5, 0.6) is 0 Å². The van der Waals surface area contributed by atoms with Gasteiger partial charge in [-0.3, -0.25) is 0 Å². The number of rotatable bonds is 9. The minimum atomic E-state index is 0.646. The molecule has 0 spiro atoms. The molecule has 108 valence electrons. The van der Waals surface area contributed by atoms with E-state index in [9.17, 15) is 0 Å². The predicted molar refractivity (Wildman–Crippen MR) is 83.6 cm³/mol. The van der Waals surface area contributed by atoms with Gasteiger partial charge in [-0.25, -0.2) is 0 Å². The van der Waals surface area contributed by atoms with Gasteiger partial charge in [-0.2, -0.15) is 15.0 Å². The Balaban J connectivity index is 2.89. The largest absolute Gasteiger partial charge is 0.354 e. The Morgan fingerprint density at radius 1 is 1.16 bits per heavy atom. The summed E-state index contributed by atoms with van der Waals surface area (Å²) in [5.74, 6) is 2.98. The molecule has 0 amide bonds. The Labute approximate surface area is 124 Å². The van der Waals surface area contributed by atoms with E-state index in [0.29, 0.717) is 11.8 Å². The molecule has 0 atom stereocenters. The second-order valence-corrected chi connectivity index (χ2v) is 5.28. The van der Waals surface area contributed by atoms with E-state index in [1.54, 1.807) is 11.8 Å². The fourth-order valence-corrected chi connectivity index (χ4v) is 2.57. The summed E-state index contributed by atoms with van der Waals surface area (Å²) >= 11 is 7.31. The van der Waals surface area contributed by atoms with Gasteiger partial charge >= 0.3 is 0 Å². The van der Waals surface area contributed by atoms with Crippen LogP contribution < -0.4 is 10.2 Å². The molecule has 1 aromatic rings. The number of aromatic nitrogens is 3. The highest BCUT2D eigenvalue weighted by atomic mass is 35.5. The molecule has 1 heterocycles. The van der Waals surface area contributed by atoms with E-state index in [1.807, 2.05) is 6.92 Å². The maximum atomic E-state index is 5.69. The van der Waals surface area contributed by atoms with Gasteiger partial charge in [0.2, 0.25) is 11.9 Å². The number of nitrogens with zero attached hydrogens (tertiary/aromatic N) is 4. The number of alkyl halides is 1. The van der Waals surface area contributed by atoms with Crippen LogP contribution in [0.25, 0.3) is 0 Å².